The summed E-state index contributed by atoms with van der Waals surface area (Å²) < 4.78 is 0. The summed E-state index contributed by atoms with van der Waals surface area (Å²) >= 11 is 0. The smallest absolute Gasteiger partial charge is 0.426 e. The van der Waals surface area contributed by atoms with Gasteiger partial charge >= 0.3 is 7.12 Å². The zero-order valence-corrected chi connectivity index (χ0v) is 17.9. The Morgan fingerprint density at radius 2 is 1.63 bits per heavy atom. The normalized spacial score (nSPS) is 13.1. The second-order valence-electron chi connectivity index (χ2n) is 8.13. The average molecular weight is 411 g/mol. The number of nitrogens with zero attached hydrogens (tertiary/aromatic N) is 1. The summed E-state index contributed by atoms with van der Waals surface area (Å²) in [6.07, 6.45) is 0.406. The van der Waals surface area contributed by atoms with Gasteiger partial charge in [-0.2, -0.15) is 0 Å². The molecule has 2 rings (SSSR count). The van der Waals surface area contributed by atoms with Crippen molar-refractivity contribution in [2.24, 2.45) is 11.8 Å². The van der Waals surface area contributed by atoms with Crippen molar-refractivity contribution in [1.82, 2.24) is 15.6 Å². The number of hydrogen-bond acceptors (Lipinski definition) is 5. The van der Waals surface area contributed by atoms with Crippen molar-refractivity contribution in [2.45, 2.75) is 46.1 Å². The Labute approximate surface area is 178 Å². The largest absolute Gasteiger partial charge is 0.475 e. The SMILES string of the molecule is CC(C)C[C@H](NC(=O)[C@@H](NC(=O)c1cccc(-c2ccccc2)n1)C(C)C)B(O)O. The van der Waals surface area contributed by atoms with Crippen molar-refractivity contribution in [3.63, 3.8) is 0 Å². The Hall–Kier alpha value is -2.71. The molecule has 8 heteroatoms. The molecule has 4 N–H and O–H groups in total. The van der Waals surface area contributed by atoms with Crippen LogP contribution in [0.25, 0.3) is 11.3 Å². The number of benzene rings is 1. The van der Waals surface area contributed by atoms with Gasteiger partial charge in [-0.3, -0.25) is 9.59 Å². The fraction of sp³-hybridized carbons (Fsp3) is 0.409. The van der Waals surface area contributed by atoms with Crippen LogP contribution in [0.2, 0.25) is 0 Å². The van der Waals surface area contributed by atoms with Crippen LogP contribution in [-0.2, 0) is 4.79 Å². The van der Waals surface area contributed by atoms with Gasteiger partial charge in [0.05, 0.1) is 11.6 Å². The van der Waals surface area contributed by atoms with E-state index in [0.29, 0.717) is 12.1 Å². The van der Waals surface area contributed by atoms with Gasteiger partial charge in [0.15, 0.2) is 0 Å². The van der Waals surface area contributed by atoms with E-state index in [4.69, 9.17) is 0 Å². The first-order valence-corrected chi connectivity index (χ1v) is 10.2. The number of amides is 2. The van der Waals surface area contributed by atoms with Gasteiger partial charge in [0.1, 0.15) is 11.7 Å². The van der Waals surface area contributed by atoms with Crippen LogP contribution in [0.5, 0.6) is 0 Å². The third-order valence-corrected chi connectivity index (χ3v) is 4.70. The van der Waals surface area contributed by atoms with Crippen molar-refractivity contribution in [2.75, 3.05) is 0 Å². The second kappa shape index (κ2) is 10.9. The second-order valence-corrected chi connectivity index (χ2v) is 8.13. The van der Waals surface area contributed by atoms with Crippen molar-refractivity contribution in [3.8, 4) is 11.3 Å². The van der Waals surface area contributed by atoms with Crippen LogP contribution in [0.15, 0.2) is 48.5 Å². The Morgan fingerprint density at radius 3 is 2.20 bits per heavy atom. The van der Waals surface area contributed by atoms with Crippen molar-refractivity contribution in [1.29, 1.82) is 0 Å². The molecule has 0 saturated carbocycles. The summed E-state index contributed by atoms with van der Waals surface area (Å²) in [5, 5.41) is 24.5. The zero-order chi connectivity index (χ0) is 22.3. The molecule has 2 amide bonds. The summed E-state index contributed by atoms with van der Waals surface area (Å²) in [6, 6.07) is 13.8. The van der Waals surface area contributed by atoms with Gasteiger partial charge in [-0.05, 0) is 30.4 Å². The van der Waals surface area contributed by atoms with Gasteiger partial charge in [0.25, 0.3) is 5.91 Å². The molecule has 1 aromatic carbocycles. The van der Waals surface area contributed by atoms with Crippen molar-refractivity contribution < 1.29 is 19.6 Å². The molecule has 0 unspecified atom stereocenters. The maximum atomic E-state index is 12.8. The summed E-state index contributed by atoms with van der Waals surface area (Å²) in [4.78, 5) is 30.0. The molecule has 0 radical (unpaired) electrons. The molecule has 0 spiro atoms. The van der Waals surface area contributed by atoms with E-state index < -0.39 is 30.9 Å². The number of carbonyl (C=O) groups is 2. The van der Waals surface area contributed by atoms with Gasteiger partial charge < -0.3 is 20.7 Å². The van der Waals surface area contributed by atoms with E-state index in [1.807, 2.05) is 64.1 Å². The minimum atomic E-state index is -1.68. The predicted molar refractivity (Wildman–Crippen MR) is 117 cm³/mol. The first-order valence-electron chi connectivity index (χ1n) is 10.2. The standard InChI is InChI=1S/C22H30BN3O4/c1-14(2)13-19(23(29)30)25-22(28)20(15(3)4)26-21(27)18-12-8-11-17(24-18)16-9-6-5-7-10-16/h5-12,14-15,19-20,29-30H,13H2,1-4H3,(H,25,28)(H,26,27)/t19-,20-/m0/s1. The molecule has 0 bridgehead atoms. The third kappa shape index (κ3) is 6.67. The van der Waals surface area contributed by atoms with Gasteiger partial charge in [-0.1, -0.05) is 64.1 Å². The lowest BCUT2D eigenvalue weighted by Crippen LogP contribution is -2.56. The maximum absolute atomic E-state index is 12.8. The molecule has 1 aromatic heterocycles. The molecule has 0 saturated heterocycles. The van der Waals surface area contributed by atoms with Crippen molar-refractivity contribution in [3.05, 3.63) is 54.2 Å². The molecule has 0 aliphatic carbocycles. The van der Waals surface area contributed by atoms with Gasteiger partial charge in [0.2, 0.25) is 5.91 Å². The van der Waals surface area contributed by atoms with Crippen molar-refractivity contribution >= 4 is 18.9 Å². The highest BCUT2D eigenvalue weighted by Crippen LogP contribution is 2.17. The van der Waals surface area contributed by atoms with Crippen LogP contribution < -0.4 is 10.6 Å². The van der Waals surface area contributed by atoms with E-state index >= 15 is 0 Å². The van der Waals surface area contributed by atoms with Gasteiger partial charge in [-0.15, -0.1) is 0 Å². The molecule has 2 aromatic rings. The van der Waals surface area contributed by atoms with E-state index in [2.05, 4.69) is 15.6 Å². The average Bonchev–Trinajstić information content (AvgIpc) is 2.71. The van der Waals surface area contributed by atoms with E-state index in [1.54, 1.807) is 12.1 Å². The Morgan fingerprint density at radius 1 is 0.967 bits per heavy atom. The minimum absolute atomic E-state index is 0.161. The fourth-order valence-corrected chi connectivity index (χ4v) is 3.12. The molecule has 0 aliphatic heterocycles. The van der Waals surface area contributed by atoms with E-state index in [1.165, 1.54) is 0 Å². The Kier molecular flexibility index (Phi) is 8.56. The van der Waals surface area contributed by atoms with Crippen LogP contribution in [-0.4, -0.2) is 45.9 Å². The quantitative estimate of drug-likeness (QED) is 0.472. The minimum Gasteiger partial charge on any atom is -0.426 e. The lowest BCUT2D eigenvalue weighted by molar-refractivity contribution is -0.124. The van der Waals surface area contributed by atoms with Crippen LogP contribution in [0.1, 0.15) is 44.6 Å². The predicted octanol–water partition coefficient (Wildman–Crippen LogP) is 2.05. The Bertz CT molecular complexity index is 843. The molecule has 1 heterocycles. The first kappa shape index (κ1) is 23.6. The summed E-state index contributed by atoms with van der Waals surface area (Å²) in [5.41, 5.74) is 1.75. The summed E-state index contributed by atoms with van der Waals surface area (Å²) in [7, 11) is -1.68. The van der Waals surface area contributed by atoms with Gasteiger partial charge in [-0.25, -0.2) is 4.98 Å². The molecular weight excluding hydrogens is 381 g/mol. The van der Waals surface area contributed by atoms with Gasteiger partial charge in [0, 0.05) is 5.56 Å². The number of carbonyl (C=O) groups excluding carboxylic acids is 2. The molecular formula is C22H30BN3O4. The maximum Gasteiger partial charge on any atom is 0.475 e. The van der Waals surface area contributed by atoms with Crippen LogP contribution in [0.3, 0.4) is 0 Å². The molecule has 160 valence electrons. The topological polar surface area (TPSA) is 112 Å². The number of aromatic nitrogens is 1. The highest BCUT2D eigenvalue weighted by atomic mass is 16.4. The lowest BCUT2D eigenvalue weighted by atomic mass is 9.75. The highest BCUT2D eigenvalue weighted by Gasteiger charge is 2.31. The van der Waals surface area contributed by atoms with Crippen LogP contribution >= 0.6 is 0 Å². The summed E-state index contributed by atoms with van der Waals surface area (Å²) in [6.45, 7) is 7.47. The third-order valence-electron chi connectivity index (χ3n) is 4.70. The van der Waals surface area contributed by atoms with E-state index in [9.17, 15) is 19.6 Å². The zero-order valence-electron chi connectivity index (χ0n) is 17.9. The summed E-state index contributed by atoms with van der Waals surface area (Å²) in [5.74, 6) is -1.78. The van der Waals surface area contributed by atoms with Crippen LogP contribution in [0.4, 0.5) is 0 Å². The molecule has 0 fully saturated rings. The number of pyridine rings is 1. The number of hydrogen-bond donors (Lipinski definition) is 4. The van der Waals surface area contributed by atoms with E-state index in [0.717, 1.165) is 5.56 Å². The number of nitrogens with one attached hydrogen (secondary N) is 2. The molecule has 0 aliphatic rings. The fourth-order valence-electron chi connectivity index (χ4n) is 3.12. The molecule has 30 heavy (non-hydrogen) atoms. The highest BCUT2D eigenvalue weighted by molar-refractivity contribution is 6.43. The molecule has 7 nitrogen and oxygen atoms in total. The number of rotatable bonds is 9. The van der Waals surface area contributed by atoms with E-state index in [-0.39, 0.29) is 17.5 Å². The monoisotopic (exact) mass is 411 g/mol. The Balaban J connectivity index is 2.14. The van der Waals surface area contributed by atoms with Crippen LogP contribution in [0, 0.1) is 11.8 Å². The molecule has 2 atom stereocenters. The lowest BCUT2D eigenvalue weighted by Gasteiger charge is -2.26. The first-order chi connectivity index (χ1) is 14.2.